The Morgan fingerprint density at radius 1 is 1.23 bits per heavy atom. The number of carbonyl (C=O) groups excluding carboxylic acids is 2. The van der Waals surface area contributed by atoms with Crippen LogP contribution in [0.5, 0.6) is 5.75 Å². The van der Waals surface area contributed by atoms with Crippen LogP contribution in [0.1, 0.15) is 57.8 Å². The van der Waals surface area contributed by atoms with Crippen molar-refractivity contribution in [1.82, 2.24) is 14.9 Å². The first-order valence-electron chi connectivity index (χ1n) is 11.6. The first-order valence-corrected chi connectivity index (χ1v) is 12.4. The zero-order chi connectivity index (χ0) is 25.1. The second-order valence-electron chi connectivity index (χ2n) is 9.04. The Kier molecular flexibility index (Phi) is 7.31. The van der Waals surface area contributed by atoms with E-state index in [2.05, 4.69) is 23.8 Å². The van der Waals surface area contributed by atoms with Crippen molar-refractivity contribution in [2.24, 2.45) is 5.92 Å². The number of hydrogen-bond donors (Lipinski definition) is 1. The van der Waals surface area contributed by atoms with Gasteiger partial charge in [-0.2, -0.15) is 0 Å². The van der Waals surface area contributed by atoms with E-state index < -0.39 is 17.7 Å². The molecule has 1 aliphatic heterocycles. The first kappa shape index (κ1) is 24.6. The molecule has 0 saturated carbocycles. The number of ether oxygens (including phenoxy) is 1. The molecule has 2 aromatic heterocycles. The Hall–Kier alpha value is -3.52. The SMILES string of the molecule is Cc1nc(C)c(C(=O)C2=C(O)C(=O)N(Cc3cccnc3)C2c2cccc(OCCC(C)C)c2)s1. The standard InChI is InChI=1S/C27H29N3O4S/c1-16(2)10-12-34-21-9-5-8-20(13-21)23-22(24(31)26-17(3)29-18(4)35-26)25(32)27(33)30(23)15-19-7-6-11-28-14-19/h5-9,11,13-14,16,23,32H,10,12,15H2,1-4H3. The number of amides is 1. The summed E-state index contributed by atoms with van der Waals surface area (Å²) in [7, 11) is 0. The fraction of sp³-hybridized carbons (Fsp3) is 0.333. The first-order chi connectivity index (χ1) is 16.8. The molecule has 1 amide bonds. The van der Waals surface area contributed by atoms with Crippen molar-refractivity contribution < 1.29 is 19.4 Å². The van der Waals surface area contributed by atoms with E-state index in [0.717, 1.165) is 17.0 Å². The van der Waals surface area contributed by atoms with Gasteiger partial charge in [-0.1, -0.05) is 32.0 Å². The van der Waals surface area contributed by atoms with Crippen LogP contribution in [0.4, 0.5) is 0 Å². The van der Waals surface area contributed by atoms with Crippen LogP contribution in [0.2, 0.25) is 0 Å². The summed E-state index contributed by atoms with van der Waals surface area (Å²) in [4.78, 5) is 37.4. The fourth-order valence-corrected chi connectivity index (χ4v) is 5.01. The molecule has 1 atom stereocenters. The molecular formula is C27H29N3O4S. The maximum Gasteiger partial charge on any atom is 0.290 e. The summed E-state index contributed by atoms with van der Waals surface area (Å²) in [6.45, 7) is 8.61. The van der Waals surface area contributed by atoms with Gasteiger partial charge in [0, 0.05) is 18.9 Å². The number of hydrogen-bond acceptors (Lipinski definition) is 7. The van der Waals surface area contributed by atoms with E-state index in [1.165, 1.54) is 16.2 Å². The summed E-state index contributed by atoms with van der Waals surface area (Å²) in [5.41, 5.74) is 2.13. The number of benzene rings is 1. The number of aryl methyl sites for hydroxylation is 2. The van der Waals surface area contributed by atoms with E-state index in [4.69, 9.17) is 4.74 Å². The quantitative estimate of drug-likeness (QED) is 0.405. The van der Waals surface area contributed by atoms with Gasteiger partial charge in [-0.25, -0.2) is 4.98 Å². The minimum Gasteiger partial charge on any atom is -0.503 e. The minimum absolute atomic E-state index is 0.0602. The van der Waals surface area contributed by atoms with Crippen LogP contribution < -0.4 is 4.74 Å². The molecule has 0 spiro atoms. The molecule has 0 fully saturated rings. The van der Waals surface area contributed by atoms with Crippen molar-refractivity contribution in [2.45, 2.75) is 46.7 Å². The Labute approximate surface area is 209 Å². The zero-order valence-corrected chi connectivity index (χ0v) is 21.1. The van der Waals surface area contributed by atoms with Crippen molar-refractivity contribution >= 4 is 23.0 Å². The fourth-order valence-electron chi connectivity index (χ4n) is 4.13. The Bertz CT molecular complexity index is 1270. The van der Waals surface area contributed by atoms with Crippen LogP contribution in [0.15, 0.2) is 60.1 Å². The number of nitrogens with zero attached hydrogens (tertiary/aromatic N) is 3. The molecule has 1 N–H and O–H groups in total. The molecule has 0 bridgehead atoms. The second kappa shape index (κ2) is 10.4. The Morgan fingerprint density at radius 3 is 2.69 bits per heavy atom. The largest absolute Gasteiger partial charge is 0.503 e. The molecule has 3 heterocycles. The van der Waals surface area contributed by atoms with Gasteiger partial charge in [0.1, 0.15) is 5.75 Å². The molecule has 3 aromatic rings. The summed E-state index contributed by atoms with van der Waals surface area (Å²) in [5, 5.41) is 11.7. The zero-order valence-electron chi connectivity index (χ0n) is 20.3. The lowest BCUT2D eigenvalue weighted by atomic mass is 9.94. The van der Waals surface area contributed by atoms with Crippen molar-refractivity contribution in [3.05, 3.63) is 86.8 Å². The molecule has 1 unspecified atom stereocenters. The third-order valence-electron chi connectivity index (χ3n) is 5.87. The van der Waals surface area contributed by atoms with Gasteiger partial charge >= 0.3 is 0 Å². The van der Waals surface area contributed by atoms with E-state index in [0.29, 0.717) is 34.4 Å². The number of aromatic nitrogens is 2. The van der Waals surface area contributed by atoms with Gasteiger partial charge < -0.3 is 14.7 Å². The van der Waals surface area contributed by atoms with Gasteiger partial charge in [-0.05, 0) is 55.5 Å². The maximum absolute atomic E-state index is 13.7. The number of rotatable bonds is 9. The average Bonchev–Trinajstić information content (AvgIpc) is 3.29. The number of ketones is 1. The van der Waals surface area contributed by atoms with Crippen LogP contribution >= 0.6 is 11.3 Å². The number of thiazole rings is 1. The molecule has 0 radical (unpaired) electrons. The van der Waals surface area contributed by atoms with Crippen molar-refractivity contribution in [2.75, 3.05) is 6.61 Å². The number of aliphatic hydroxyl groups is 1. The summed E-state index contributed by atoms with van der Waals surface area (Å²) in [6, 6.07) is 10.3. The van der Waals surface area contributed by atoms with Crippen LogP contribution in [0.25, 0.3) is 0 Å². The molecule has 1 aliphatic rings. The predicted molar refractivity (Wildman–Crippen MR) is 134 cm³/mol. The summed E-state index contributed by atoms with van der Waals surface area (Å²) in [6.07, 6.45) is 4.24. The highest BCUT2D eigenvalue weighted by molar-refractivity contribution is 7.14. The van der Waals surface area contributed by atoms with Crippen LogP contribution in [-0.2, 0) is 11.3 Å². The van der Waals surface area contributed by atoms with E-state index in [1.807, 2.05) is 37.3 Å². The normalized spacial score (nSPS) is 15.9. The van der Waals surface area contributed by atoms with Gasteiger partial charge in [0.05, 0.1) is 33.8 Å². The topological polar surface area (TPSA) is 92.6 Å². The number of Topliss-reactive ketones (excluding diaryl/α,β-unsaturated/α-hetero) is 1. The number of carbonyl (C=O) groups is 2. The Balaban J connectivity index is 1.75. The van der Waals surface area contributed by atoms with E-state index in [1.54, 1.807) is 25.4 Å². The third-order valence-corrected chi connectivity index (χ3v) is 6.94. The maximum atomic E-state index is 13.7. The monoisotopic (exact) mass is 491 g/mol. The van der Waals surface area contributed by atoms with Gasteiger partial charge in [0.2, 0.25) is 5.78 Å². The highest BCUT2D eigenvalue weighted by Crippen LogP contribution is 2.41. The number of pyridine rings is 1. The molecule has 1 aromatic carbocycles. The summed E-state index contributed by atoms with van der Waals surface area (Å²) < 4.78 is 5.94. The van der Waals surface area contributed by atoms with E-state index >= 15 is 0 Å². The van der Waals surface area contributed by atoms with Crippen molar-refractivity contribution in [3.8, 4) is 5.75 Å². The Morgan fingerprint density at radius 2 is 2.03 bits per heavy atom. The van der Waals surface area contributed by atoms with Crippen LogP contribution in [-0.4, -0.2) is 38.3 Å². The molecule has 8 heteroatoms. The van der Waals surface area contributed by atoms with Crippen LogP contribution in [0, 0.1) is 19.8 Å². The third kappa shape index (κ3) is 5.27. The molecule has 35 heavy (non-hydrogen) atoms. The van der Waals surface area contributed by atoms with Crippen molar-refractivity contribution in [3.63, 3.8) is 0 Å². The molecule has 4 rings (SSSR count). The minimum atomic E-state index is -0.773. The number of aliphatic hydroxyl groups excluding tert-OH is 1. The lowest BCUT2D eigenvalue weighted by Crippen LogP contribution is -2.30. The highest BCUT2D eigenvalue weighted by Gasteiger charge is 2.44. The van der Waals surface area contributed by atoms with Gasteiger partial charge in [-0.3, -0.25) is 14.6 Å². The molecular weight excluding hydrogens is 462 g/mol. The molecule has 0 aliphatic carbocycles. The smallest absolute Gasteiger partial charge is 0.290 e. The molecule has 0 saturated heterocycles. The highest BCUT2D eigenvalue weighted by atomic mass is 32.1. The van der Waals surface area contributed by atoms with Gasteiger partial charge in [0.15, 0.2) is 5.76 Å². The predicted octanol–water partition coefficient (Wildman–Crippen LogP) is 5.36. The van der Waals surface area contributed by atoms with Crippen molar-refractivity contribution in [1.29, 1.82) is 0 Å². The average molecular weight is 492 g/mol. The van der Waals surface area contributed by atoms with Crippen LogP contribution in [0.3, 0.4) is 0 Å². The van der Waals surface area contributed by atoms with E-state index in [9.17, 15) is 14.7 Å². The van der Waals surface area contributed by atoms with E-state index in [-0.39, 0.29) is 17.9 Å². The lowest BCUT2D eigenvalue weighted by molar-refractivity contribution is -0.130. The van der Waals surface area contributed by atoms with Gasteiger partial charge in [0.25, 0.3) is 5.91 Å². The van der Waals surface area contributed by atoms with Gasteiger partial charge in [-0.15, -0.1) is 11.3 Å². The summed E-state index contributed by atoms with van der Waals surface area (Å²) in [5.74, 6) is -0.341. The lowest BCUT2D eigenvalue weighted by Gasteiger charge is -2.27. The summed E-state index contributed by atoms with van der Waals surface area (Å²) >= 11 is 1.26. The molecule has 182 valence electrons. The molecule has 7 nitrogen and oxygen atoms in total. The second-order valence-corrected chi connectivity index (χ2v) is 10.2.